The second-order valence-corrected chi connectivity index (χ2v) is 4.96. The van der Waals surface area contributed by atoms with Gasteiger partial charge in [-0.25, -0.2) is 4.39 Å². The molecule has 0 saturated heterocycles. The van der Waals surface area contributed by atoms with E-state index < -0.39 is 11.7 Å². The first-order valence-electron chi connectivity index (χ1n) is 5.97. The van der Waals surface area contributed by atoms with Gasteiger partial charge < -0.3 is 5.32 Å². The molecule has 0 aliphatic heterocycles. The molecule has 104 valence electrons. The Morgan fingerprint density at radius 2 is 1.90 bits per heavy atom. The minimum absolute atomic E-state index is 0.0251. The first kappa shape index (κ1) is 14.8. The SMILES string of the molecule is O=C(NCc1cccc(CCl)c1)c1ccc(Cl)cc1F. The van der Waals surface area contributed by atoms with Gasteiger partial charge in [-0.15, -0.1) is 11.6 Å². The van der Waals surface area contributed by atoms with Crippen molar-refractivity contribution in [1.82, 2.24) is 5.32 Å². The fourth-order valence-corrected chi connectivity index (χ4v) is 2.10. The highest BCUT2D eigenvalue weighted by Gasteiger charge is 2.11. The minimum Gasteiger partial charge on any atom is -0.348 e. The second kappa shape index (κ2) is 6.73. The standard InChI is InChI=1S/C15H12Cl2FNO/c16-8-10-2-1-3-11(6-10)9-19-15(20)13-5-4-12(17)7-14(13)18/h1-7H,8-9H2,(H,19,20). The van der Waals surface area contributed by atoms with Crippen LogP contribution in [0.2, 0.25) is 5.02 Å². The van der Waals surface area contributed by atoms with Crippen LogP contribution in [0.5, 0.6) is 0 Å². The minimum atomic E-state index is -0.635. The van der Waals surface area contributed by atoms with E-state index in [0.29, 0.717) is 12.4 Å². The zero-order valence-electron chi connectivity index (χ0n) is 10.5. The predicted molar refractivity (Wildman–Crippen MR) is 78.6 cm³/mol. The highest BCUT2D eigenvalue weighted by Crippen LogP contribution is 2.15. The number of hydrogen-bond donors (Lipinski definition) is 1. The van der Waals surface area contributed by atoms with Gasteiger partial charge >= 0.3 is 0 Å². The maximum atomic E-state index is 13.6. The third-order valence-electron chi connectivity index (χ3n) is 2.77. The van der Waals surface area contributed by atoms with E-state index in [2.05, 4.69) is 5.32 Å². The van der Waals surface area contributed by atoms with Gasteiger partial charge in [-0.2, -0.15) is 0 Å². The smallest absolute Gasteiger partial charge is 0.254 e. The Balaban J connectivity index is 2.04. The van der Waals surface area contributed by atoms with Crippen LogP contribution in [0.1, 0.15) is 21.5 Å². The van der Waals surface area contributed by atoms with E-state index in [9.17, 15) is 9.18 Å². The lowest BCUT2D eigenvalue weighted by molar-refractivity contribution is 0.0947. The predicted octanol–water partition coefficient (Wildman–Crippen LogP) is 4.15. The number of carbonyl (C=O) groups is 1. The molecule has 0 radical (unpaired) electrons. The third-order valence-corrected chi connectivity index (χ3v) is 3.32. The highest BCUT2D eigenvalue weighted by molar-refractivity contribution is 6.30. The Morgan fingerprint density at radius 3 is 2.60 bits per heavy atom. The normalized spacial score (nSPS) is 10.3. The van der Waals surface area contributed by atoms with Gasteiger partial charge in [-0.3, -0.25) is 4.79 Å². The molecule has 0 atom stereocenters. The van der Waals surface area contributed by atoms with Crippen molar-refractivity contribution in [3.8, 4) is 0 Å². The molecule has 0 aliphatic rings. The van der Waals surface area contributed by atoms with E-state index in [4.69, 9.17) is 23.2 Å². The summed E-state index contributed by atoms with van der Waals surface area (Å²) in [4.78, 5) is 11.9. The summed E-state index contributed by atoms with van der Waals surface area (Å²) in [6, 6.07) is 11.5. The summed E-state index contributed by atoms with van der Waals surface area (Å²) in [5.74, 6) is -0.701. The molecule has 1 amide bonds. The van der Waals surface area contributed by atoms with Crippen molar-refractivity contribution >= 4 is 29.1 Å². The van der Waals surface area contributed by atoms with E-state index in [-0.39, 0.29) is 10.6 Å². The van der Waals surface area contributed by atoms with Gasteiger partial charge in [-0.1, -0.05) is 35.9 Å². The molecule has 0 fully saturated rings. The molecule has 0 heterocycles. The van der Waals surface area contributed by atoms with Gasteiger partial charge in [0.15, 0.2) is 0 Å². The molecular formula is C15H12Cl2FNO. The third kappa shape index (κ3) is 3.71. The maximum absolute atomic E-state index is 13.6. The largest absolute Gasteiger partial charge is 0.348 e. The molecule has 0 spiro atoms. The van der Waals surface area contributed by atoms with Crippen LogP contribution in [0, 0.1) is 5.82 Å². The van der Waals surface area contributed by atoms with Crippen LogP contribution >= 0.6 is 23.2 Å². The Kier molecular flexibility index (Phi) is 4.99. The summed E-state index contributed by atoms with van der Waals surface area (Å²) in [5.41, 5.74) is 1.85. The van der Waals surface area contributed by atoms with Gasteiger partial charge in [0, 0.05) is 17.4 Å². The monoisotopic (exact) mass is 311 g/mol. The van der Waals surface area contributed by atoms with E-state index in [0.717, 1.165) is 17.2 Å². The topological polar surface area (TPSA) is 29.1 Å². The van der Waals surface area contributed by atoms with Crippen LogP contribution in [0.3, 0.4) is 0 Å². The van der Waals surface area contributed by atoms with Gasteiger partial charge in [0.1, 0.15) is 5.82 Å². The number of amides is 1. The quantitative estimate of drug-likeness (QED) is 0.844. The van der Waals surface area contributed by atoms with Crippen molar-refractivity contribution in [1.29, 1.82) is 0 Å². The maximum Gasteiger partial charge on any atom is 0.254 e. The Labute approximate surface area is 126 Å². The molecule has 2 aromatic carbocycles. The van der Waals surface area contributed by atoms with Crippen LogP contribution in [0.4, 0.5) is 4.39 Å². The number of rotatable bonds is 4. The van der Waals surface area contributed by atoms with Crippen LogP contribution in [-0.4, -0.2) is 5.91 Å². The van der Waals surface area contributed by atoms with Crippen molar-refractivity contribution in [2.45, 2.75) is 12.4 Å². The molecule has 2 aromatic rings. The van der Waals surface area contributed by atoms with Crippen LogP contribution in [0.15, 0.2) is 42.5 Å². The average Bonchev–Trinajstić information content (AvgIpc) is 2.45. The van der Waals surface area contributed by atoms with Crippen molar-refractivity contribution < 1.29 is 9.18 Å². The molecule has 0 saturated carbocycles. The van der Waals surface area contributed by atoms with E-state index >= 15 is 0 Å². The van der Waals surface area contributed by atoms with Gasteiger partial charge in [0.25, 0.3) is 5.91 Å². The summed E-state index contributed by atoms with van der Waals surface area (Å²) in [5, 5.41) is 2.92. The molecule has 0 aliphatic carbocycles. The van der Waals surface area contributed by atoms with Gasteiger partial charge in [0.05, 0.1) is 5.56 Å². The summed E-state index contributed by atoms with van der Waals surface area (Å²) in [7, 11) is 0. The molecule has 2 nitrogen and oxygen atoms in total. The average molecular weight is 312 g/mol. The first-order chi connectivity index (χ1) is 9.60. The number of alkyl halides is 1. The Morgan fingerprint density at radius 1 is 1.15 bits per heavy atom. The number of nitrogens with one attached hydrogen (secondary N) is 1. The lowest BCUT2D eigenvalue weighted by Gasteiger charge is -2.07. The summed E-state index contributed by atoms with van der Waals surface area (Å²) in [6.45, 7) is 0.311. The fraction of sp³-hybridized carbons (Fsp3) is 0.133. The van der Waals surface area contributed by atoms with E-state index in [1.165, 1.54) is 12.1 Å². The summed E-state index contributed by atoms with van der Waals surface area (Å²) >= 11 is 11.4. The van der Waals surface area contributed by atoms with Crippen LogP contribution < -0.4 is 5.32 Å². The second-order valence-electron chi connectivity index (χ2n) is 4.26. The first-order valence-corrected chi connectivity index (χ1v) is 6.88. The van der Waals surface area contributed by atoms with Crippen molar-refractivity contribution in [2.24, 2.45) is 0 Å². The number of benzene rings is 2. The number of carbonyl (C=O) groups excluding carboxylic acids is 1. The molecule has 1 N–H and O–H groups in total. The van der Waals surface area contributed by atoms with Gasteiger partial charge in [-0.05, 0) is 29.3 Å². The molecule has 20 heavy (non-hydrogen) atoms. The van der Waals surface area contributed by atoms with Crippen molar-refractivity contribution in [2.75, 3.05) is 0 Å². The summed E-state index contributed by atoms with van der Waals surface area (Å²) < 4.78 is 13.6. The van der Waals surface area contributed by atoms with Gasteiger partial charge in [0.2, 0.25) is 0 Å². The lowest BCUT2D eigenvalue weighted by atomic mass is 10.1. The molecule has 0 bridgehead atoms. The molecular weight excluding hydrogens is 300 g/mol. The molecule has 5 heteroatoms. The zero-order valence-corrected chi connectivity index (χ0v) is 12.0. The Bertz CT molecular complexity index is 631. The van der Waals surface area contributed by atoms with Crippen LogP contribution in [-0.2, 0) is 12.4 Å². The van der Waals surface area contributed by atoms with E-state index in [1.54, 1.807) is 0 Å². The van der Waals surface area contributed by atoms with Crippen LogP contribution in [0.25, 0.3) is 0 Å². The molecule has 0 aromatic heterocycles. The van der Waals surface area contributed by atoms with E-state index in [1.807, 2.05) is 24.3 Å². The highest BCUT2D eigenvalue weighted by atomic mass is 35.5. The lowest BCUT2D eigenvalue weighted by Crippen LogP contribution is -2.23. The zero-order chi connectivity index (χ0) is 14.5. The Hall–Kier alpha value is -1.58. The number of hydrogen-bond acceptors (Lipinski definition) is 1. The molecule has 2 rings (SSSR count). The van der Waals surface area contributed by atoms with Crippen molar-refractivity contribution in [3.63, 3.8) is 0 Å². The number of halogens is 3. The fourth-order valence-electron chi connectivity index (χ4n) is 1.77. The summed E-state index contributed by atoms with van der Waals surface area (Å²) in [6.07, 6.45) is 0. The molecule has 0 unspecified atom stereocenters. The van der Waals surface area contributed by atoms with Crippen molar-refractivity contribution in [3.05, 3.63) is 70.0 Å².